The molecule has 0 bridgehead atoms. The largest absolute Gasteiger partial charge is 0.340 e. The summed E-state index contributed by atoms with van der Waals surface area (Å²) in [5.74, 6) is 0.197. The van der Waals surface area contributed by atoms with Gasteiger partial charge in [0.1, 0.15) is 5.82 Å². The number of carbonyl (C=O) groups is 1. The van der Waals surface area contributed by atoms with Crippen molar-refractivity contribution in [2.75, 3.05) is 0 Å². The highest BCUT2D eigenvalue weighted by Crippen LogP contribution is 2.12. The Labute approximate surface area is 144 Å². The van der Waals surface area contributed by atoms with Crippen molar-refractivity contribution in [3.63, 3.8) is 0 Å². The quantitative estimate of drug-likeness (QED) is 0.714. The average molecular weight is 337 g/mol. The summed E-state index contributed by atoms with van der Waals surface area (Å²) in [6, 6.07) is 13.6. The van der Waals surface area contributed by atoms with E-state index in [9.17, 15) is 9.59 Å². The molecule has 0 saturated heterocycles. The summed E-state index contributed by atoms with van der Waals surface area (Å²) in [6.45, 7) is 2.83. The molecule has 0 saturated carbocycles. The second-order valence-electron chi connectivity index (χ2n) is 5.80. The Kier molecular flexibility index (Phi) is 5.03. The Balaban J connectivity index is 1.81. The topological polar surface area (TPSA) is 94.7 Å². The van der Waals surface area contributed by atoms with Crippen LogP contribution in [0.25, 0.3) is 0 Å². The summed E-state index contributed by atoms with van der Waals surface area (Å²) < 4.78 is 0. The lowest BCUT2D eigenvalue weighted by Crippen LogP contribution is -2.32. The number of nitrogens with zero attached hydrogens (tertiary/aromatic N) is 3. The van der Waals surface area contributed by atoms with Gasteiger partial charge in [0.25, 0.3) is 0 Å². The van der Waals surface area contributed by atoms with Crippen molar-refractivity contribution < 1.29 is 4.79 Å². The Morgan fingerprint density at radius 3 is 2.60 bits per heavy atom. The molecule has 128 valence electrons. The number of H-pyrrole nitrogens is 2. The Bertz CT molecular complexity index is 901. The van der Waals surface area contributed by atoms with Gasteiger partial charge in [-0.1, -0.05) is 36.4 Å². The zero-order valence-electron chi connectivity index (χ0n) is 13.9. The van der Waals surface area contributed by atoms with Gasteiger partial charge in [-0.05, 0) is 24.1 Å². The third kappa shape index (κ3) is 4.41. The molecule has 1 aromatic carbocycles. The van der Waals surface area contributed by atoms with Gasteiger partial charge in [-0.2, -0.15) is 5.10 Å². The minimum atomic E-state index is -0.419. The molecule has 7 nitrogen and oxygen atoms in total. The van der Waals surface area contributed by atoms with Crippen LogP contribution in [0.5, 0.6) is 0 Å². The van der Waals surface area contributed by atoms with E-state index in [1.807, 2.05) is 49.4 Å². The van der Waals surface area contributed by atoms with Crippen LogP contribution in [0.2, 0.25) is 0 Å². The number of nitrogens with one attached hydrogen (secondary N) is 2. The minimum Gasteiger partial charge on any atom is -0.332 e. The second-order valence-corrected chi connectivity index (χ2v) is 5.80. The molecule has 1 amide bonds. The summed E-state index contributed by atoms with van der Waals surface area (Å²) in [4.78, 5) is 32.5. The molecule has 0 atom stereocenters. The maximum Gasteiger partial charge on any atom is 0.340 e. The fourth-order valence-electron chi connectivity index (χ4n) is 2.54. The molecule has 7 heteroatoms. The predicted molar refractivity (Wildman–Crippen MR) is 92.6 cm³/mol. The van der Waals surface area contributed by atoms with Crippen molar-refractivity contribution >= 4 is 5.91 Å². The van der Waals surface area contributed by atoms with Gasteiger partial charge in [-0.3, -0.25) is 14.8 Å². The third-order valence-corrected chi connectivity index (χ3v) is 3.90. The van der Waals surface area contributed by atoms with Crippen LogP contribution < -0.4 is 5.69 Å². The maximum atomic E-state index is 12.8. The van der Waals surface area contributed by atoms with Crippen molar-refractivity contribution in [1.29, 1.82) is 0 Å². The predicted octanol–water partition coefficient (Wildman–Crippen LogP) is 1.57. The third-order valence-electron chi connectivity index (χ3n) is 3.90. The number of benzene rings is 1. The second kappa shape index (κ2) is 7.57. The maximum absolute atomic E-state index is 12.8. The minimum absolute atomic E-state index is 0.0253. The average Bonchev–Trinajstić information content (AvgIpc) is 3.02. The van der Waals surface area contributed by atoms with Gasteiger partial charge in [-0.15, -0.1) is 0 Å². The monoisotopic (exact) mass is 337 g/mol. The van der Waals surface area contributed by atoms with E-state index in [1.165, 1.54) is 0 Å². The number of pyridine rings is 1. The van der Waals surface area contributed by atoms with E-state index in [4.69, 9.17) is 0 Å². The lowest BCUT2D eigenvalue weighted by molar-refractivity contribution is -0.131. The number of carbonyl (C=O) groups excluding carboxylic acids is 1. The zero-order chi connectivity index (χ0) is 17.6. The van der Waals surface area contributed by atoms with Crippen molar-refractivity contribution in [3.8, 4) is 0 Å². The highest BCUT2D eigenvalue weighted by molar-refractivity contribution is 5.78. The van der Waals surface area contributed by atoms with E-state index in [0.717, 1.165) is 16.8 Å². The molecule has 0 aliphatic rings. The van der Waals surface area contributed by atoms with Gasteiger partial charge in [0, 0.05) is 12.7 Å². The van der Waals surface area contributed by atoms with Gasteiger partial charge in [0.05, 0.1) is 18.7 Å². The number of rotatable bonds is 6. The lowest BCUT2D eigenvalue weighted by Gasteiger charge is -2.23. The van der Waals surface area contributed by atoms with Crippen LogP contribution in [0.3, 0.4) is 0 Å². The van der Waals surface area contributed by atoms with Crippen LogP contribution in [0, 0.1) is 6.92 Å². The fourth-order valence-corrected chi connectivity index (χ4v) is 2.54. The van der Waals surface area contributed by atoms with Crippen molar-refractivity contribution in [2.24, 2.45) is 0 Å². The Morgan fingerprint density at radius 1 is 1.12 bits per heavy atom. The molecular formula is C18H19N5O2. The molecule has 3 aromatic rings. The Morgan fingerprint density at radius 2 is 1.92 bits per heavy atom. The fraction of sp³-hybridized carbons (Fsp3) is 0.222. The lowest BCUT2D eigenvalue weighted by atomic mass is 10.1. The first-order chi connectivity index (χ1) is 12.1. The first kappa shape index (κ1) is 16.6. The van der Waals surface area contributed by atoms with Crippen LogP contribution in [0.1, 0.15) is 22.6 Å². The van der Waals surface area contributed by atoms with E-state index in [1.54, 1.807) is 11.1 Å². The van der Waals surface area contributed by atoms with Gasteiger partial charge in [0.15, 0.2) is 0 Å². The van der Waals surface area contributed by atoms with Crippen LogP contribution >= 0.6 is 0 Å². The molecule has 0 aliphatic carbocycles. The highest BCUT2D eigenvalue weighted by Gasteiger charge is 2.18. The first-order valence-corrected chi connectivity index (χ1v) is 7.97. The molecule has 2 heterocycles. The molecule has 2 aromatic heterocycles. The van der Waals surface area contributed by atoms with Crippen LogP contribution in [-0.2, 0) is 24.3 Å². The molecular weight excluding hydrogens is 318 g/mol. The molecule has 0 spiro atoms. The molecule has 0 radical (unpaired) electrons. The number of hydrogen-bond donors (Lipinski definition) is 2. The van der Waals surface area contributed by atoms with Crippen molar-refractivity contribution in [1.82, 2.24) is 25.1 Å². The summed E-state index contributed by atoms with van der Waals surface area (Å²) >= 11 is 0. The van der Waals surface area contributed by atoms with E-state index < -0.39 is 5.69 Å². The zero-order valence-corrected chi connectivity index (χ0v) is 13.9. The van der Waals surface area contributed by atoms with Gasteiger partial charge < -0.3 is 4.90 Å². The molecule has 3 rings (SSSR count). The van der Waals surface area contributed by atoms with Gasteiger partial charge in [-0.25, -0.2) is 9.89 Å². The first-order valence-electron chi connectivity index (χ1n) is 7.97. The van der Waals surface area contributed by atoms with Crippen molar-refractivity contribution in [2.45, 2.75) is 26.4 Å². The molecule has 0 aliphatic heterocycles. The highest BCUT2D eigenvalue weighted by atomic mass is 16.2. The molecule has 2 N–H and O–H groups in total. The van der Waals surface area contributed by atoms with Gasteiger partial charge in [0.2, 0.25) is 5.91 Å². The van der Waals surface area contributed by atoms with E-state index >= 15 is 0 Å². The summed E-state index contributed by atoms with van der Waals surface area (Å²) in [5.41, 5.74) is 2.49. The summed E-state index contributed by atoms with van der Waals surface area (Å²) in [7, 11) is 0. The summed E-state index contributed by atoms with van der Waals surface area (Å²) in [5, 5.41) is 6.09. The van der Waals surface area contributed by atoms with Gasteiger partial charge >= 0.3 is 5.69 Å². The number of hydrogen-bond acceptors (Lipinski definition) is 4. The van der Waals surface area contributed by atoms with E-state index in [2.05, 4.69) is 20.2 Å². The molecule has 25 heavy (non-hydrogen) atoms. The number of amides is 1. The van der Waals surface area contributed by atoms with E-state index in [-0.39, 0.29) is 12.3 Å². The molecule has 0 fully saturated rings. The van der Waals surface area contributed by atoms with Crippen LogP contribution in [0.15, 0.2) is 53.5 Å². The Hall–Kier alpha value is -3.22. The van der Waals surface area contributed by atoms with Crippen molar-refractivity contribution in [3.05, 3.63) is 81.8 Å². The summed E-state index contributed by atoms with van der Waals surface area (Å²) in [6.07, 6.45) is 1.75. The van der Waals surface area contributed by atoms with Crippen LogP contribution in [-0.4, -0.2) is 31.0 Å². The number of aryl methyl sites for hydroxylation is 1. The van der Waals surface area contributed by atoms with Crippen LogP contribution in [0.4, 0.5) is 0 Å². The standard InChI is InChI=1S/C18H19N5O2/c1-13-6-5-9-19-15(13)12-23(11-14-7-3-2-4-8-14)17(24)10-16-20-18(25)22-21-16/h2-9H,10-12H2,1H3,(H2,20,21,22,25). The smallest absolute Gasteiger partial charge is 0.332 e. The normalized spacial score (nSPS) is 10.6. The number of aromatic nitrogens is 4. The van der Waals surface area contributed by atoms with E-state index in [0.29, 0.717) is 18.9 Å². The SMILES string of the molecule is Cc1cccnc1CN(Cc1ccccc1)C(=O)Cc1n[nH]c(=O)[nH]1. The molecule has 0 unspecified atom stereocenters. The number of aromatic amines is 2.